The lowest BCUT2D eigenvalue weighted by Crippen LogP contribution is -2.13. The lowest BCUT2D eigenvalue weighted by molar-refractivity contribution is 0.0698. The first-order valence-electron chi connectivity index (χ1n) is 6.04. The van der Waals surface area contributed by atoms with Crippen molar-refractivity contribution in [3.63, 3.8) is 0 Å². The highest BCUT2D eigenvalue weighted by Gasteiger charge is 2.16. The van der Waals surface area contributed by atoms with E-state index >= 15 is 0 Å². The second-order valence-corrected chi connectivity index (χ2v) is 4.60. The fourth-order valence-corrected chi connectivity index (χ4v) is 2.37. The van der Waals surface area contributed by atoms with Crippen molar-refractivity contribution < 1.29 is 9.90 Å². The molecule has 4 heteroatoms. The minimum absolute atomic E-state index is 0.168. The van der Waals surface area contributed by atoms with E-state index in [1.807, 2.05) is 6.07 Å². The Bertz CT molecular complexity index is 412. The van der Waals surface area contributed by atoms with Crippen molar-refractivity contribution in [1.29, 1.82) is 0 Å². The normalized spacial score (nSPS) is 16.0. The minimum Gasteiger partial charge on any atom is -0.478 e. The van der Waals surface area contributed by atoms with Crippen LogP contribution in [0.5, 0.6) is 0 Å². The van der Waals surface area contributed by atoms with Crippen LogP contribution in [0.25, 0.3) is 0 Å². The zero-order valence-corrected chi connectivity index (χ0v) is 9.78. The van der Waals surface area contributed by atoms with Gasteiger partial charge in [-0.1, -0.05) is 18.9 Å². The molecule has 0 spiro atoms. The molecule has 0 aliphatic heterocycles. The predicted molar refractivity (Wildman–Crippen MR) is 68.3 cm³/mol. The van der Waals surface area contributed by atoms with Gasteiger partial charge in [0.25, 0.3) is 0 Å². The lowest BCUT2D eigenvalue weighted by atomic mass is 10.1. The summed E-state index contributed by atoms with van der Waals surface area (Å²) in [6.45, 7) is 0.882. The monoisotopic (exact) mass is 234 g/mol. The molecular weight excluding hydrogens is 216 g/mol. The van der Waals surface area contributed by atoms with Crippen molar-refractivity contribution in [2.24, 2.45) is 5.92 Å². The van der Waals surface area contributed by atoms with Crippen LogP contribution in [0.2, 0.25) is 0 Å². The van der Waals surface area contributed by atoms with Gasteiger partial charge in [0.1, 0.15) is 0 Å². The van der Waals surface area contributed by atoms with Gasteiger partial charge >= 0.3 is 5.97 Å². The summed E-state index contributed by atoms with van der Waals surface area (Å²) in [6.07, 6.45) is 5.12. The Morgan fingerprint density at radius 1 is 1.41 bits per heavy atom. The number of aromatic carboxylic acids is 1. The first kappa shape index (κ1) is 11.8. The fraction of sp³-hybridized carbons (Fsp3) is 0.462. The molecule has 0 saturated heterocycles. The number of carboxylic acids is 1. The molecule has 92 valence electrons. The Balaban J connectivity index is 2.04. The van der Waals surface area contributed by atoms with Gasteiger partial charge in [0.05, 0.1) is 16.9 Å². The van der Waals surface area contributed by atoms with Gasteiger partial charge in [0, 0.05) is 6.54 Å². The molecule has 1 saturated carbocycles. The van der Waals surface area contributed by atoms with E-state index in [1.165, 1.54) is 31.7 Å². The largest absolute Gasteiger partial charge is 0.478 e. The van der Waals surface area contributed by atoms with Crippen molar-refractivity contribution in [3.8, 4) is 0 Å². The van der Waals surface area contributed by atoms with Gasteiger partial charge in [-0.25, -0.2) is 4.79 Å². The molecule has 1 fully saturated rings. The van der Waals surface area contributed by atoms with Gasteiger partial charge in [-0.15, -0.1) is 0 Å². The molecule has 4 N–H and O–H groups in total. The number of carbonyl (C=O) groups is 1. The maximum atomic E-state index is 10.9. The standard InChI is InChI=1S/C13H18N2O2/c14-12-10(13(16)17)6-3-7-11(12)15-8-9-4-1-2-5-9/h3,6-7,9,15H,1-2,4-5,8,14H2,(H,16,17). The minimum atomic E-state index is -0.980. The molecule has 0 unspecified atom stereocenters. The van der Waals surface area contributed by atoms with Crippen molar-refractivity contribution in [1.82, 2.24) is 0 Å². The molecule has 0 radical (unpaired) electrons. The summed E-state index contributed by atoms with van der Waals surface area (Å²) in [4.78, 5) is 10.9. The van der Waals surface area contributed by atoms with Crippen LogP contribution in [0.3, 0.4) is 0 Å². The van der Waals surface area contributed by atoms with Crippen molar-refractivity contribution in [2.45, 2.75) is 25.7 Å². The van der Waals surface area contributed by atoms with Crippen molar-refractivity contribution >= 4 is 17.3 Å². The molecule has 2 rings (SSSR count). The molecule has 0 bridgehead atoms. The number of rotatable bonds is 4. The van der Waals surface area contributed by atoms with E-state index in [1.54, 1.807) is 6.07 Å². The van der Waals surface area contributed by atoms with Gasteiger partial charge in [-0.05, 0) is 30.9 Å². The zero-order valence-electron chi connectivity index (χ0n) is 9.78. The average Bonchev–Trinajstić information content (AvgIpc) is 2.80. The Morgan fingerprint density at radius 3 is 2.76 bits per heavy atom. The number of para-hydroxylation sites is 1. The number of anilines is 2. The molecule has 0 atom stereocenters. The summed E-state index contributed by atoms with van der Waals surface area (Å²) in [6, 6.07) is 5.08. The smallest absolute Gasteiger partial charge is 0.337 e. The third-order valence-corrected chi connectivity index (χ3v) is 3.39. The molecule has 17 heavy (non-hydrogen) atoms. The van der Waals surface area contributed by atoms with Crippen LogP contribution in [-0.4, -0.2) is 17.6 Å². The summed E-state index contributed by atoms with van der Waals surface area (Å²) in [7, 11) is 0. The first-order valence-corrected chi connectivity index (χ1v) is 6.04. The van der Waals surface area contributed by atoms with Crippen LogP contribution in [0.4, 0.5) is 11.4 Å². The molecule has 1 aliphatic carbocycles. The maximum absolute atomic E-state index is 10.9. The SMILES string of the molecule is Nc1c(NCC2CCCC2)cccc1C(=O)O. The summed E-state index contributed by atoms with van der Waals surface area (Å²) in [5, 5.41) is 12.2. The molecule has 1 aromatic rings. The van der Waals surface area contributed by atoms with Crippen LogP contribution in [-0.2, 0) is 0 Å². The summed E-state index contributed by atoms with van der Waals surface area (Å²) < 4.78 is 0. The van der Waals surface area contributed by atoms with Crippen LogP contribution < -0.4 is 11.1 Å². The molecule has 0 amide bonds. The number of carboxylic acid groups (broad SMARTS) is 1. The zero-order chi connectivity index (χ0) is 12.3. The van der Waals surface area contributed by atoms with Crippen LogP contribution in [0.15, 0.2) is 18.2 Å². The van der Waals surface area contributed by atoms with Gasteiger partial charge in [0.15, 0.2) is 0 Å². The Morgan fingerprint density at radius 2 is 2.12 bits per heavy atom. The van der Waals surface area contributed by atoms with Crippen LogP contribution >= 0.6 is 0 Å². The predicted octanol–water partition coefficient (Wildman–Crippen LogP) is 2.57. The molecule has 1 aliphatic rings. The summed E-state index contributed by atoms with van der Waals surface area (Å²) >= 11 is 0. The van der Waals surface area contributed by atoms with E-state index in [0.717, 1.165) is 12.2 Å². The molecule has 4 nitrogen and oxygen atoms in total. The Kier molecular flexibility index (Phi) is 3.52. The number of nitrogens with one attached hydrogen (secondary N) is 1. The lowest BCUT2D eigenvalue weighted by Gasteiger charge is -2.14. The summed E-state index contributed by atoms with van der Waals surface area (Å²) in [5.74, 6) is -0.282. The van der Waals surface area contributed by atoms with Gasteiger partial charge < -0.3 is 16.2 Å². The maximum Gasteiger partial charge on any atom is 0.337 e. The van der Waals surface area contributed by atoms with E-state index in [2.05, 4.69) is 5.32 Å². The fourth-order valence-electron chi connectivity index (χ4n) is 2.37. The van der Waals surface area contributed by atoms with Crippen LogP contribution in [0.1, 0.15) is 36.0 Å². The highest BCUT2D eigenvalue weighted by atomic mass is 16.4. The summed E-state index contributed by atoms with van der Waals surface area (Å²) in [5.41, 5.74) is 7.06. The van der Waals surface area contributed by atoms with E-state index in [9.17, 15) is 4.79 Å². The molecular formula is C13H18N2O2. The Hall–Kier alpha value is -1.71. The number of nitrogen functional groups attached to an aromatic ring is 1. The van der Waals surface area contributed by atoms with Gasteiger partial charge in [0.2, 0.25) is 0 Å². The molecule has 0 aromatic heterocycles. The Labute approximate surface area is 101 Å². The topological polar surface area (TPSA) is 75.3 Å². The van der Waals surface area contributed by atoms with Crippen molar-refractivity contribution in [2.75, 3.05) is 17.6 Å². The van der Waals surface area contributed by atoms with Crippen molar-refractivity contribution in [3.05, 3.63) is 23.8 Å². The first-order chi connectivity index (χ1) is 8.18. The number of hydrogen-bond acceptors (Lipinski definition) is 3. The second kappa shape index (κ2) is 5.08. The van der Waals surface area contributed by atoms with Crippen LogP contribution in [0, 0.1) is 5.92 Å². The number of hydrogen-bond donors (Lipinski definition) is 3. The third kappa shape index (κ3) is 2.70. The quantitative estimate of drug-likeness (QED) is 0.700. The molecule has 1 aromatic carbocycles. The highest BCUT2D eigenvalue weighted by molar-refractivity contribution is 5.97. The van der Waals surface area contributed by atoms with E-state index in [-0.39, 0.29) is 5.56 Å². The van der Waals surface area contributed by atoms with Gasteiger partial charge in [-0.3, -0.25) is 0 Å². The average molecular weight is 234 g/mol. The van der Waals surface area contributed by atoms with E-state index < -0.39 is 5.97 Å². The molecule has 0 heterocycles. The van der Waals surface area contributed by atoms with E-state index in [4.69, 9.17) is 10.8 Å². The third-order valence-electron chi connectivity index (χ3n) is 3.39. The number of nitrogens with two attached hydrogens (primary N) is 1. The second-order valence-electron chi connectivity index (χ2n) is 4.60. The van der Waals surface area contributed by atoms with E-state index in [0.29, 0.717) is 11.6 Å². The highest BCUT2D eigenvalue weighted by Crippen LogP contribution is 2.27. The number of benzene rings is 1. The van der Waals surface area contributed by atoms with Gasteiger partial charge in [-0.2, -0.15) is 0 Å².